The summed E-state index contributed by atoms with van der Waals surface area (Å²) in [7, 11) is 0. The van der Waals surface area contributed by atoms with Crippen LogP contribution in [0.5, 0.6) is 0 Å². The van der Waals surface area contributed by atoms with Crippen molar-refractivity contribution in [2.45, 2.75) is 43.4 Å². The highest BCUT2D eigenvalue weighted by atomic mass is 19.4. The highest BCUT2D eigenvalue weighted by Gasteiger charge is 2.42. The van der Waals surface area contributed by atoms with Crippen LogP contribution in [0.4, 0.5) is 19.0 Å². The molecule has 10 heteroatoms. The number of aromatic nitrogens is 1. The van der Waals surface area contributed by atoms with Gasteiger partial charge >= 0.3 is 6.18 Å². The zero-order chi connectivity index (χ0) is 20.5. The van der Waals surface area contributed by atoms with Crippen molar-refractivity contribution in [1.82, 2.24) is 9.88 Å². The van der Waals surface area contributed by atoms with Gasteiger partial charge in [-0.1, -0.05) is 6.07 Å². The monoisotopic (exact) mass is 405 g/mol. The van der Waals surface area contributed by atoms with Crippen LogP contribution in [0.3, 0.4) is 0 Å². The lowest BCUT2D eigenvalue weighted by Crippen LogP contribution is -2.63. The molecule has 7 nitrogen and oxygen atoms in total. The molecule has 1 aromatic rings. The molecule has 0 aliphatic carbocycles. The van der Waals surface area contributed by atoms with E-state index in [1.807, 2.05) is 4.90 Å². The maximum Gasteiger partial charge on any atom is 0.433 e. The van der Waals surface area contributed by atoms with Crippen LogP contribution >= 0.6 is 0 Å². The average Bonchev–Trinajstić information content (AvgIpc) is 2.66. The summed E-state index contributed by atoms with van der Waals surface area (Å²) in [5, 5.41) is 39.4. The fourth-order valence-electron chi connectivity index (χ4n) is 4.10. The van der Waals surface area contributed by atoms with Crippen LogP contribution in [0.25, 0.3) is 0 Å². The van der Waals surface area contributed by atoms with Gasteiger partial charge in [-0.25, -0.2) is 4.98 Å². The van der Waals surface area contributed by atoms with Crippen molar-refractivity contribution in [2.75, 3.05) is 37.7 Å². The van der Waals surface area contributed by atoms with E-state index in [1.165, 1.54) is 6.07 Å². The molecule has 0 radical (unpaired) electrons. The summed E-state index contributed by atoms with van der Waals surface area (Å²) in [5.74, 6) is 0.334. The highest BCUT2D eigenvalue weighted by molar-refractivity contribution is 5.40. The first kappa shape index (κ1) is 21.3. The minimum Gasteiger partial charge on any atom is -0.395 e. The molecule has 0 amide bonds. The third-order valence-corrected chi connectivity index (χ3v) is 5.58. The second-order valence-corrected chi connectivity index (χ2v) is 7.59. The number of hydrogen-bond acceptors (Lipinski definition) is 7. The number of aliphatic hydroxyl groups excluding tert-OH is 4. The number of nitrogens with zero attached hydrogens (tertiary/aromatic N) is 3. The Kier molecular flexibility index (Phi) is 6.45. The number of pyridine rings is 1. The van der Waals surface area contributed by atoms with E-state index < -0.39 is 36.2 Å². The molecule has 28 heavy (non-hydrogen) atoms. The Hall–Kier alpha value is -1.46. The van der Waals surface area contributed by atoms with Gasteiger partial charge in [0.15, 0.2) is 0 Å². The van der Waals surface area contributed by atoms with Gasteiger partial charge in [-0.2, -0.15) is 13.2 Å². The topological polar surface area (TPSA) is 100 Å². The third-order valence-electron chi connectivity index (χ3n) is 5.58. The summed E-state index contributed by atoms with van der Waals surface area (Å²) in [5.41, 5.74) is -0.927. The molecule has 4 N–H and O–H groups in total. The number of β-amino-alcohol motifs (C(OH)–C–C–N with tert-alkyl or cyclic N) is 1. The number of likely N-dealkylation sites (tertiary alicyclic amines) is 1. The van der Waals surface area contributed by atoms with Gasteiger partial charge < -0.3 is 25.3 Å². The Morgan fingerprint density at radius 1 is 1.11 bits per heavy atom. The molecule has 2 fully saturated rings. The Labute approximate surface area is 161 Å². The van der Waals surface area contributed by atoms with E-state index in [2.05, 4.69) is 4.98 Å². The second-order valence-electron chi connectivity index (χ2n) is 7.59. The van der Waals surface area contributed by atoms with E-state index in [0.29, 0.717) is 19.6 Å². The standard InChI is InChI=1S/C18H26F3N3O4/c19-18(20,21)14-4-1-5-15(22-14)23-6-2-3-11(7-23)8-24-9-13(26)17(28)16(27)12(24)10-25/h1,4-5,11-13,16-17,25-28H,2-3,6-10H2/t11-,12+,13+,16-,17-/m1/s1. The summed E-state index contributed by atoms with van der Waals surface area (Å²) < 4.78 is 38.8. The molecule has 0 bridgehead atoms. The van der Waals surface area contributed by atoms with Crippen molar-refractivity contribution in [2.24, 2.45) is 5.92 Å². The van der Waals surface area contributed by atoms with E-state index in [9.17, 15) is 33.6 Å². The summed E-state index contributed by atoms with van der Waals surface area (Å²) in [6.45, 7) is 1.27. The molecule has 2 aliphatic heterocycles. The van der Waals surface area contributed by atoms with Crippen molar-refractivity contribution in [3.8, 4) is 0 Å². The lowest BCUT2D eigenvalue weighted by molar-refractivity contribution is -0.147. The van der Waals surface area contributed by atoms with Crippen LogP contribution < -0.4 is 4.90 Å². The summed E-state index contributed by atoms with van der Waals surface area (Å²) in [6, 6.07) is 3.15. The van der Waals surface area contributed by atoms with Crippen molar-refractivity contribution >= 4 is 5.82 Å². The second kappa shape index (κ2) is 8.50. The Morgan fingerprint density at radius 3 is 2.54 bits per heavy atom. The first-order valence-electron chi connectivity index (χ1n) is 9.39. The first-order chi connectivity index (χ1) is 13.2. The average molecular weight is 405 g/mol. The number of halogens is 3. The lowest BCUT2D eigenvalue weighted by atomic mass is 9.91. The fraction of sp³-hybridized carbons (Fsp3) is 0.722. The molecule has 3 heterocycles. The molecule has 3 rings (SSSR count). The van der Waals surface area contributed by atoms with Gasteiger partial charge in [0.05, 0.1) is 18.8 Å². The number of anilines is 1. The van der Waals surface area contributed by atoms with Gasteiger partial charge in [0.2, 0.25) is 0 Å². The zero-order valence-corrected chi connectivity index (χ0v) is 15.3. The van der Waals surface area contributed by atoms with E-state index in [1.54, 1.807) is 11.0 Å². The van der Waals surface area contributed by atoms with Crippen molar-refractivity contribution < 1.29 is 33.6 Å². The molecule has 0 spiro atoms. The van der Waals surface area contributed by atoms with Gasteiger partial charge in [-0.05, 0) is 30.9 Å². The third kappa shape index (κ3) is 4.57. The number of rotatable bonds is 4. The Morgan fingerprint density at radius 2 is 1.86 bits per heavy atom. The van der Waals surface area contributed by atoms with Crippen LogP contribution in [0.15, 0.2) is 18.2 Å². The number of alkyl halides is 3. The molecule has 0 aromatic carbocycles. The van der Waals surface area contributed by atoms with E-state index >= 15 is 0 Å². The summed E-state index contributed by atoms with van der Waals surface area (Å²) >= 11 is 0. The smallest absolute Gasteiger partial charge is 0.395 e. The Bertz CT molecular complexity index is 663. The van der Waals surface area contributed by atoms with E-state index in [-0.39, 0.29) is 24.9 Å². The maximum atomic E-state index is 12.9. The normalized spacial score (nSPS) is 32.5. The lowest BCUT2D eigenvalue weighted by Gasteiger charge is -2.45. The van der Waals surface area contributed by atoms with Crippen LogP contribution in [0.2, 0.25) is 0 Å². The predicted molar refractivity (Wildman–Crippen MR) is 94.6 cm³/mol. The van der Waals surface area contributed by atoms with Gasteiger partial charge in [0.25, 0.3) is 0 Å². The Balaban J connectivity index is 1.68. The van der Waals surface area contributed by atoms with Crippen LogP contribution in [0, 0.1) is 5.92 Å². The molecule has 2 aliphatic rings. The fourth-order valence-corrected chi connectivity index (χ4v) is 4.10. The minimum absolute atomic E-state index is 0.0637. The molecular weight excluding hydrogens is 379 g/mol. The van der Waals surface area contributed by atoms with Crippen molar-refractivity contribution in [1.29, 1.82) is 0 Å². The van der Waals surface area contributed by atoms with E-state index in [0.717, 1.165) is 18.9 Å². The molecule has 158 valence electrons. The van der Waals surface area contributed by atoms with E-state index in [4.69, 9.17) is 0 Å². The molecular formula is C18H26F3N3O4. The largest absolute Gasteiger partial charge is 0.433 e. The molecule has 1 aromatic heterocycles. The molecule has 2 saturated heterocycles. The van der Waals surface area contributed by atoms with Crippen molar-refractivity contribution in [3.05, 3.63) is 23.9 Å². The van der Waals surface area contributed by atoms with Gasteiger partial charge in [-0.15, -0.1) is 0 Å². The zero-order valence-electron chi connectivity index (χ0n) is 15.3. The summed E-state index contributed by atoms with van der Waals surface area (Å²) in [6.07, 6.45) is -6.60. The molecule has 0 unspecified atom stereocenters. The quantitative estimate of drug-likeness (QED) is 0.563. The number of hydrogen-bond donors (Lipinski definition) is 4. The highest BCUT2D eigenvalue weighted by Crippen LogP contribution is 2.30. The van der Waals surface area contributed by atoms with Crippen LogP contribution in [0.1, 0.15) is 18.5 Å². The number of aliphatic hydroxyl groups is 4. The summed E-state index contributed by atoms with van der Waals surface area (Å²) in [4.78, 5) is 7.30. The maximum absolute atomic E-state index is 12.9. The van der Waals surface area contributed by atoms with Gasteiger partial charge in [0, 0.05) is 26.2 Å². The first-order valence-corrected chi connectivity index (χ1v) is 9.39. The minimum atomic E-state index is -4.50. The predicted octanol–water partition coefficient (Wildman–Crippen LogP) is 0.0760. The van der Waals surface area contributed by atoms with Gasteiger partial charge in [-0.3, -0.25) is 4.90 Å². The number of piperidine rings is 2. The SMILES string of the molecule is OC[C@H]1[C@@H](O)[C@H](O)[C@@H](O)CN1C[C@@H]1CCCN(c2cccc(C(F)(F)F)n2)C1. The van der Waals surface area contributed by atoms with Crippen LogP contribution in [-0.4, -0.2) is 87.4 Å². The molecule has 5 atom stereocenters. The molecule has 0 saturated carbocycles. The van der Waals surface area contributed by atoms with Crippen LogP contribution in [-0.2, 0) is 6.18 Å². The van der Waals surface area contributed by atoms with Gasteiger partial charge in [0.1, 0.15) is 23.7 Å². The van der Waals surface area contributed by atoms with Crippen molar-refractivity contribution in [3.63, 3.8) is 0 Å².